The van der Waals surface area contributed by atoms with Gasteiger partial charge in [-0.2, -0.15) is 0 Å². The molecular formula is C16H25O3+. The maximum Gasteiger partial charge on any atom is 0.398 e. The first-order valence-electron chi connectivity index (χ1n) is 6.84. The molecule has 1 rings (SSSR count). The Kier molecular flexibility index (Phi) is 5.24. The van der Waals surface area contributed by atoms with E-state index in [0.717, 1.165) is 30.6 Å². The van der Waals surface area contributed by atoms with Gasteiger partial charge in [0.05, 0.1) is 17.8 Å². The van der Waals surface area contributed by atoms with Crippen molar-refractivity contribution in [1.82, 2.24) is 0 Å². The number of aliphatic hydroxyl groups excluding tert-OH is 1. The lowest BCUT2D eigenvalue weighted by Gasteiger charge is -2.25. The van der Waals surface area contributed by atoms with Crippen LogP contribution in [0.4, 0.5) is 0 Å². The highest BCUT2D eigenvalue weighted by molar-refractivity contribution is 6.43. The van der Waals surface area contributed by atoms with Crippen molar-refractivity contribution in [3.63, 3.8) is 0 Å². The second-order valence-corrected chi connectivity index (χ2v) is 6.23. The summed E-state index contributed by atoms with van der Waals surface area (Å²) in [5, 5.41) is 9.92. The van der Waals surface area contributed by atoms with Gasteiger partial charge in [-0.3, -0.25) is 4.79 Å². The Morgan fingerprint density at radius 1 is 1.47 bits per heavy atom. The fourth-order valence-electron chi connectivity index (χ4n) is 1.95. The Labute approximate surface area is 115 Å². The van der Waals surface area contributed by atoms with Gasteiger partial charge in [0.25, 0.3) is 5.78 Å². The van der Waals surface area contributed by atoms with E-state index in [1.54, 1.807) is 0 Å². The molecule has 0 saturated heterocycles. The molecule has 0 fully saturated rings. The van der Waals surface area contributed by atoms with Crippen molar-refractivity contribution in [2.75, 3.05) is 0 Å². The van der Waals surface area contributed by atoms with Gasteiger partial charge in [-0.25, -0.2) is 4.42 Å². The monoisotopic (exact) mass is 265 g/mol. The number of Topliss-reactive ketones (excluding diaryl/α,β-unsaturated/α-hetero) is 1. The number of carbonyl (C=O) groups is 1. The molecule has 0 bridgehead atoms. The van der Waals surface area contributed by atoms with Crippen molar-refractivity contribution in [2.24, 2.45) is 5.41 Å². The summed E-state index contributed by atoms with van der Waals surface area (Å²) in [5.74, 6) is 1.15. The number of hydrogen-bond acceptors (Lipinski definition) is 2. The van der Waals surface area contributed by atoms with Crippen LogP contribution in [0.15, 0.2) is 23.5 Å². The van der Waals surface area contributed by atoms with Crippen LogP contribution >= 0.6 is 0 Å². The SMILES string of the molecule is CC(=O)C1=[O+]/C(=C/CCCC(O)C(C)(C)C)C=C1C. The van der Waals surface area contributed by atoms with Gasteiger partial charge < -0.3 is 5.11 Å². The first kappa shape index (κ1) is 15.8. The lowest BCUT2D eigenvalue weighted by atomic mass is 9.86. The number of hydrogen-bond donors (Lipinski definition) is 1. The summed E-state index contributed by atoms with van der Waals surface area (Å²) in [6.07, 6.45) is 6.11. The first-order chi connectivity index (χ1) is 8.71. The van der Waals surface area contributed by atoms with Gasteiger partial charge in [0.15, 0.2) is 0 Å². The Morgan fingerprint density at radius 3 is 2.58 bits per heavy atom. The molecule has 1 atom stereocenters. The number of allylic oxidation sites excluding steroid dienone is 3. The number of ketones is 2. The molecular weight excluding hydrogens is 240 g/mol. The van der Waals surface area contributed by atoms with Gasteiger partial charge in [-0.1, -0.05) is 20.8 Å². The van der Waals surface area contributed by atoms with Crippen molar-refractivity contribution in [3.05, 3.63) is 23.5 Å². The number of rotatable bonds is 5. The molecule has 3 nitrogen and oxygen atoms in total. The van der Waals surface area contributed by atoms with Crippen molar-refractivity contribution in [1.29, 1.82) is 0 Å². The minimum absolute atomic E-state index is 0.0414. The molecule has 0 aliphatic carbocycles. The smallest absolute Gasteiger partial charge is 0.393 e. The lowest BCUT2D eigenvalue weighted by Crippen LogP contribution is -2.25. The maximum atomic E-state index is 11.3. The van der Waals surface area contributed by atoms with Gasteiger partial charge in [0.2, 0.25) is 0 Å². The Morgan fingerprint density at radius 2 is 2.11 bits per heavy atom. The minimum Gasteiger partial charge on any atom is -0.393 e. The fourth-order valence-corrected chi connectivity index (χ4v) is 1.95. The molecule has 1 aliphatic heterocycles. The van der Waals surface area contributed by atoms with Crippen molar-refractivity contribution in [3.8, 4) is 0 Å². The first-order valence-corrected chi connectivity index (χ1v) is 6.84. The van der Waals surface area contributed by atoms with E-state index in [2.05, 4.69) is 0 Å². The highest BCUT2D eigenvalue weighted by atomic mass is 16.4. The maximum absolute atomic E-state index is 11.3. The highest BCUT2D eigenvalue weighted by Gasteiger charge is 2.29. The summed E-state index contributed by atoms with van der Waals surface area (Å²) in [5.41, 5.74) is 0.816. The van der Waals surface area contributed by atoms with Crippen LogP contribution in [0, 0.1) is 5.41 Å². The molecule has 0 saturated carbocycles. The molecule has 106 valence electrons. The van der Waals surface area contributed by atoms with Crippen LogP contribution in [0.1, 0.15) is 53.9 Å². The van der Waals surface area contributed by atoms with E-state index in [0.29, 0.717) is 5.78 Å². The molecule has 3 heteroatoms. The normalized spacial score (nSPS) is 19.4. The summed E-state index contributed by atoms with van der Waals surface area (Å²) in [4.78, 5) is 11.3. The summed E-state index contributed by atoms with van der Waals surface area (Å²) in [6, 6.07) is 0. The molecule has 0 amide bonds. The number of aliphatic hydroxyl groups is 1. The van der Waals surface area contributed by atoms with Crippen LogP contribution in [-0.2, 0) is 9.22 Å². The standard InChI is InChI=1S/C16H25O3/c1-11-10-13(19-15(11)12(2)17)8-6-7-9-14(18)16(3,4)5/h8,10,14,18H,6-7,9H2,1-5H3/q+1/b13-8+. The predicted molar refractivity (Wildman–Crippen MR) is 76.8 cm³/mol. The summed E-state index contributed by atoms with van der Waals surface area (Å²) >= 11 is 0. The molecule has 0 radical (unpaired) electrons. The zero-order valence-electron chi connectivity index (χ0n) is 12.6. The molecule has 0 aromatic carbocycles. The Balaban J connectivity index is 2.46. The Bertz CT molecular complexity index is 433. The average Bonchev–Trinajstić information content (AvgIpc) is 2.64. The van der Waals surface area contributed by atoms with Crippen LogP contribution in [0.25, 0.3) is 0 Å². The summed E-state index contributed by atoms with van der Waals surface area (Å²) in [7, 11) is 0. The van der Waals surface area contributed by atoms with E-state index in [-0.39, 0.29) is 17.3 Å². The Hall–Kier alpha value is -1.22. The highest BCUT2D eigenvalue weighted by Crippen LogP contribution is 2.23. The van der Waals surface area contributed by atoms with Gasteiger partial charge in [0.1, 0.15) is 0 Å². The third kappa shape index (κ3) is 4.75. The second kappa shape index (κ2) is 6.29. The molecule has 19 heavy (non-hydrogen) atoms. The molecule has 1 heterocycles. The summed E-state index contributed by atoms with van der Waals surface area (Å²) < 4.78 is 5.48. The molecule has 0 spiro atoms. The molecule has 1 unspecified atom stereocenters. The van der Waals surface area contributed by atoms with Gasteiger partial charge in [-0.15, -0.1) is 0 Å². The van der Waals surface area contributed by atoms with E-state index in [1.165, 1.54) is 6.92 Å². The second-order valence-electron chi connectivity index (χ2n) is 6.23. The van der Waals surface area contributed by atoms with Crippen molar-refractivity contribution in [2.45, 2.75) is 60.0 Å². The predicted octanol–water partition coefficient (Wildman–Crippen LogP) is 3.10. The van der Waals surface area contributed by atoms with E-state index < -0.39 is 0 Å². The van der Waals surface area contributed by atoms with E-state index in [1.807, 2.05) is 39.8 Å². The van der Waals surface area contributed by atoms with Gasteiger partial charge in [-0.05, 0) is 31.6 Å². The quantitative estimate of drug-likeness (QED) is 0.472. The largest absolute Gasteiger partial charge is 0.398 e. The third-order valence-electron chi connectivity index (χ3n) is 3.28. The minimum atomic E-state index is -0.285. The molecule has 1 N–H and O–H groups in total. The van der Waals surface area contributed by atoms with Crippen LogP contribution in [0.2, 0.25) is 0 Å². The fraction of sp³-hybridized carbons (Fsp3) is 0.625. The van der Waals surface area contributed by atoms with Crippen LogP contribution in [0.5, 0.6) is 0 Å². The van der Waals surface area contributed by atoms with E-state index in [4.69, 9.17) is 4.42 Å². The lowest BCUT2D eigenvalue weighted by molar-refractivity contribution is -0.385. The van der Waals surface area contributed by atoms with E-state index in [9.17, 15) is 9.90 Å². The topological polar surface area (TPSA) is 48.6 Å². The zero-order chi connectivity index (χ0) is 14.6. The number of unbranched alkanes of at least 4 members (excludes halogenated alkanes) is 1. The van der Waals surface area contributed by atoms with Crippen molar-refractivity contribution >= 4 is 11.6 Å². The third-order valence-corrected chi connectivity index (χ3v) is 3.28. The van der Waals surface area contributed by atoms with Gasteiger partial charge >= 0.3 is 11.5 Å². The molecule has 0 aromatic heterocycles. The molecule has 1 aliphatic rings. The summed E-state index contributed by atoms with van der Waals surface area (Å²) in [6.45, 7) is 9.50. The van der Waals surface area contributed by atoms with Crippen LogP contribution < -0.4 is 0 Å². The molecule has 0 aromatic rings. The van der Waals surface area contributed by atoms with Crippen molar-refractivity contribution < 1.29 is 14.3 Å². The number of carbonyl (C=O) groups excluding carboxylic acids is 2. The average molecular weight is 265 g/mol. The van der Waals surface area contributed by atoms with Crippen LogP contribution in [0.3, 0.4) is 0 Å². The van der Waals surface area contributed by atoms with Crippen LogP contribution in [-0.4, -0.2) is 22.8 Å². The van der Waals surface area contributed by atoms with E-state index >= 15 is 0 Å². The van der Waals surface area contributed by atoms with Gasteiger partial charge in [0, 0.05) is 13.0 Å². The zero-order valence-corrected chi connectivity index (χ0v) is 12.6.